The number of aromatic nitrogens is 2. The molecule has 0 radical (unpaired) electrons. The first kappa shape index (κ1) is 16.4. The van der Waals surface area contributed by atoms with E-state index in [-0.39, 0.29) is 5.92 Å². The molecule has 126 valence electrons. The van der Waals surface area contributed by atoms with E-state index in [1.165, 1.54) is 6.20 Å². The molecule has 1 unspecified atom stereocenters. The van der Waals surface area contributed by atoms with Crippen LogP contribution in [0.3, 0.4) is 0 Å². The highest BCUT2D eigenvalue weighted by molar-refractivity contribution is 5.94. The van der Waals surface area contributed by atoms with Crippen molar-refractivity contribution in [3.8, 4) is 0 Å². The standard InChI is InChI=1S/C16H13F4N3O/c1-7-4-5-21-15(22-7)14(8-2-3-8)23-16(24)9-6-10(17)12(19)13(20)11(9)18/h4-6,8,14H,2-3H2,1H3,(H,23,24). The van der Waals surface area contributed by atoms with Crippen LogP contribution in [-0.2, 0) is 0 Å². The summed E-state index contributed by atoms with van der Waals surface area (Å²) in [6.45, 7) is 1.75. The molecule has 1 amide bonds. The van der Waals surface area contributed by atoms with Gasteiger partial charge in [-0.3, -0.25) is 4.79 Å². The largest absolute Gasteiger partial charge is 0.342 e. The molecule has 1 N–H and O–H groups in total. The number of nitrogens with one attached hydrogen (secondary N) is 1. The number of carbonyl (C=O) groups excluding carboxylic acids is 1. The molecule has 1 fully saturated rings. The summed E-state index contributed by atoms with van der Waals surface area (Å²) in [5.41, 5.74) is -0.213. The third-order valence-corrected chi connectivity index (χ3v) is 3.82. The van der Waals surface area contributed by atoms with Crippen LogP contribution in [-0.4, -0.2) is 15.9 Å². The summed E-state index contributed by atoms with van der Waals surface area (Å²) >= 11 is 0. The quantitative estimate of drug-likeness (QED) is 0.529. The van der Waals surface area contributed by atoms with Gasteiger partial charge in [0.15, 0.2) is 29.1 Å². The number of halogens is 4. The summed E-state index contributed by atoms with van der Waals surface area (Å²) in [5, 5.41) is 2.49. The minimum Gasteiger partial charge on any atom is -0.342 e. The molecule has 1 atom stereocenters. The molecular formula is C16H13F4N3O. The minimum atomic E-state index is -2.02. The summed E-state index contributed by atoms with van der Waals surface area (Å²) in [4.78, 5) is 20.5. The maximum atomic E-state index is 13.8. The van der Waals surface area contributed by atoms with Gasteiger partial charge >= 0.3 is 0 Å². The van der Waals surface area contributed by atoms with Crippen LogP contribution in [0.1, 0.15) is 40.8 Å². The second-order valence-electron chi connectivity index (χ2n) is 5.69. The predicted molar refractivity (Wildman–Crippen MR) is 76.0 cm³/mol. The van der Waals surface area contributed by atoms with E-state index in [0.29, 0.717) is 17.6 Å². The van der Waals surface area contributed by atoms with Crippen molar-refractivity contribution in [1.29, 1.82) is 0 Å². The summed E-state index contributed by atoms with van der Waals surface area (Å²) < 4.78 is 53.3. The van der Waals surface area contributed by atoms with Gasteiger partial charge in [0.25, 0.3) is 5.91 Å². The van der Waals surface area contributed by atoms with Crippen LogP contribution in [0.5, 0.6) is 0 Å². The van der Waals surface area contributed by atoms with Crippen molar-refractivity contribution in [2.24, 2.45) is 5.92 Å². The number of hydrogen-bond acceptors (Lipinski definition) is 3. The first-order valence-corrected chi connectivity index (χ1v) is 7.32. The molecule has 0 bridgehead atoms. The Labute approximate surface area is 134 Å². The molecular weight excluding hydrogens is 326 g/mol. The van der Waals surface area contributed by atoms with Gasteiger partial charge in [-0.15, -0.1) is 0 Å². The van der Waals surface area contributed by atoms with Crippen molar-refractivity contribution in [2.75, 3.05) is 0 Å². The van der Waals surface area contributed by atoms with E-state index in [1.54, 1.807) is 13.0 Å². The maximum absolute atomic E-state index is 13.8. The first-order chi connectivity index (χ1) is 11.4. The number of carbonyl (C=O) groups is 1. The highest BCUT2D eigenvalue weighted by Gasteiger charge is 2.36. The summed E-state index contributed by atoms with van der Waals surface area (Å²) in [6, 6.07) is 1.41. The first-order valence-electron chi connectivity index (χ1n) is 7.32. The molecule has 24 heavy (non-hydrogen) atoms. The topological polar surface area (TPSA) is 54.9 Å². The SMILES string of the molecule is Cc1ccnc(C(NC(=O)c2cc(F)c(F)c(F)c2F)C2CC2)n1. The monoisotopic (exact) mass is 339 g/mol. The molecule has 3 rings (SSSR count). The van der Waals surface area contributed by atoms with Gasteiger partial charge in [-0.25, -0.2) is 27.5 Å². The Balaban J connectivity index is 1.90. The van der Waals surface area contributed by atoms with Gasteiger partial charge in [-0.1, -0.05) is 0 Å². The van der Waals surface area contributed by atoms with E-state index in [2.05, 4.69) is 15.3 Å². The average molecular weight is 339 g/mol. The van der Waals surface area contributed by atoms with Crippen LogP contribution in [0, 0.1) is 36.1 Å². The molecule has 1 aromatic heterocycles. The molecule has 1 heterocycles. The molecule has 2 aromatic rings. The fourth-order valence-corrected chi connectivity index (χ4v) is 2.40. The van der Waals surface area contributed by atoms with Crippen LogP contribution >= 0.6 is 0 Å². The maximum Gasteiger partial charge on any atom is 0.255 e. The van der Waals surface area contributed by atoms with E-state index in [4.69, 9.17) is 0 Å². The lowest BCUT2D eigenvalue weighted by atomic mass is 10.1. The van der Waals surface area contributed by atoms with Crippen molar-refractivity contribution in [2.45, 2.75) is 25.8 Å². The van der Waals surface area contributed by atoms with Crippen molar-refractivity contribution in [1.82, 2.24) is 15.3 Å². The predicted octanol–water partition coefficient (Wildman–Crippen LogP) is 3.22. The van der Waals surface area contributed by atoms with Crippen LogP contribution in [0.25, 0.3) is 0 Å². The normalized spacial score (nSPS) is 15.2. The number of amides is 1. The summed E-state index contributed by atoms with van der Waals surface area (Å²) in [5.74, 6) is -7.98. The van der Waals surface area contributed by atoms with Gasteiger partial charge in [-0.05, 0) is 37.8 Å². The Morgan fingerprint density at radius 3 is 2.54 bits per heavy atom. The Bertz CT molecular complexity index is 808. The Kier molecular flexibility index (Phi) is 4.21. The lowest BCUT2D eigenvalue weighted by Crippen LogP contribution is -2.32. The van der Waals surface area contributed by atoms with Gasteiger partial charge in [-0.2, -0.15) is 0 Å². The third kappa shape index (κ3) is 3.08. The number of rotatable bonds is 4. The Morgan fingerprint density at radius 1 is 1.21 bits per heavy atom. The van der Waals surface area contributed by atoms with E-state index < -0.39 is 40.8 Å². The van der Waals surface area contributed by atoms with E-state index in [9.17, 15) is 22.4 Å². The van der Waals surface area contributed by atoms with Crippen molar-refractivity contribution < 1.29 is 22.4 Å². The van der Waals surface area contributed by atoms with E-state index in [1.807, 2.05) is 0 Å². The third-order valence-electron chi connectivity index (χ3n) is 3.82. The molecule has 1 saturated carbocycles. The lowest BCUT2D eigenvalue weighted by molar-refractivity contribution is 0.0923. The fourth-order valence-electron chi connectivity index (χ4n) is 2.40. The van der Waals surface area contributed by atoms with Crippen LogP contribution in [0.2, 0.25) is 0 Å². The number of aryl methyl sites for hydroxylation is 1. The molecule has 0 saturated heterocycles. The molecule has 0 spiro atoms. The zero-order chi connectivity index (χ0) is 17.4. The van der Waals surface area contributed by atoms with Crippen LogP contribution in [0.15, 0.2) is 18.3 Å². The number of nitrogens with zero attached hydrogens (tertiary/aromatic N) is 2. The van der Waals surface area contributed by atoms with Gasteiger partial charge in [0.05, 0.1) is 11.6 Å². The van der Waals surface area contributed by atoms with E-state index >= 15 is 0 Å². The van der Waals surface area contributed by atoms with Gasteiger partial charge < -0.3 is 5.32 Å². The van der Waals surface area contributed by atoms with Crippen molar-refractivity contribution in [3.63, 3.8) is 0 Å². The zero-order valence-electron chi connectivity index (χ0n) is 12.6. The van der Waals surface area contributed by atoms with Crippen LogP contribution in [0.4, 0.5) is 17.6 Å². The molecule has 4 nitrogen and oxygen atoms in total. The molecule has 0 aliphatic heterocycles. The summed E-state index contributed by atoms with van der Waals surface area (Å²) in [6.07, 6.45) is 3.16. The van der Waals surface area contributed by atoms with Gasteiger partial charge in [0, 0.05) is 11.9 Å². The van der Waals surface area contributed by atoms with Crippen molar-refractivity contribution >= 4 is 5.91 Å². The Hall–Kier alpha value is -2.51. The second kappa shape index (κ2) is 6.18. The zero-order valence-corrected chi connectivity index (χ0v) is 12.6. The lowest BCUT2D eigenvalue weighted by Gasteiger charge is -2.17. The summed E-state index contributed by atoms with van der Waals surface area (Å²) in [7, 11) is 0. The number of benzene rings is 1. The van der Waals surface area contributed by atoms with Gasteiger partial charge in [0.2, 0.25) is 0 Å². The average Bonchev–Trinajstić information content (AvgIpc) is 3.38. The highest BCUT2D eigenvalue weighted by Crippen LogP contribution is 2.40. The second-order valence-corrected chi connectivity index (χ2v) is 5.69. The highest BCUT2D eigenvalue weighted by atomic mass is 19.2. The molecule has 1 aromatic carbocycles. The van der Waals surface area contributed by atoms with Gasteiger partial charge in [0.1, 0.15) is 0 Å². The smallest absolute Gasteiger partial charge is 0.255 e. The molecule has 1 aliphatic carbocycles. The minimum absolute atomic E-state index is 0.0638. The molecule has 1 aliphatic rings. The Morgan fingerprint density at radius 2 is 1.92 bits per heavy atom. The van der Waals surface area contributed by atoms with Crippen molar-refractivity contribution in [3.05, 3.63) is 58.7 Å². The molecule has 8 heteroatoms. The fraction of sp³-hybridized carbons (Fsp3) is 0.312. The van der Waals surface area contributed by atoms with Crippen LogP contribution < -0.4 is 5.32 Å². The van der Waals surface area contributed by atoms with E-state index in [0.717, 1.165) is 12.8 Å². The number of hydrogen-bond donors (Lipinski definition) is 1.